The Bertz CT molecular complexity index is 595. The number of carbonyl (C=O) groups excluding carboxylic acids is 1. The number of aromatic hydroxyl groups is 1. The van der Waals surface area contributed by atoms with Crippen LogP contribution in [0.4, 0.5) is 4.79 Å². The molecule has 3 rings (SSSR count). The number of nitrogens with zero attached hydrogens (tertiary/aromatic N) is 3. The molecule has 2 fully saturated rings. The lowest BCUT2D eigenvalue weighted by atomic mass is 10.0. The molecular formula is C20H32N4O4. The molecule has 1 aromatic rings. The van der Waals surface area contributed by atoms with Gasteiger partial charge in [-0.1, -0.05) is 19.1 Å². The van der Waals surface area contributed by atoms with E-state index in [0.29, 0.717) is 12.6 Å². The minimum atomic E-state index is -0.250. The van der Waals surface area contributed by atoms with Crippen molar-refractivity contribution in [2.75, 3.05) is 45.8 Å². The first-order valence-corrected chi connectivity index (χ1v) is 9.92. The number of rotatable bonds is 4. The van der Waals surface area contributed by atoms with Crippen LogP contribution in [-0.4, -0.2) is 89.3 Å². The van der Waals surface area contributed by atoms with E-state index in [2.05, 4.69) is 22.0 Å². The van der Waals surface area contributed by atoms with Crippen LogP contribution in [0.15, 0.2) is 24.3 Å². The first-order valence-electron chi connectivity index (χ1n) is 9.92. The van der Waals surface area contributed by atoms with E-state index >= 15 is 0 Å². The Hall–Kier alpha value is -2.32. The quantitative estimate of drug-likeness (QED) is 0.671. The molecule has 8 heteroatoms. The zero-order valence-corrected chi connectivity index (χ0v) is 16.6. The summed E-state index contributed by atoms with van der Waals surface area (Å²) in [4.78, 5) is 27.8. The van der Waals surface area contributed by atoms with E-state index in [-0.39, 0.29) is 18.3 Å². The summed E-state index contributed by atoms with van der Waals surface area (Å²) < 4.78 is 0. The van der Waals surface area contributed by atoms with E-state index < -0.39 is 0 Å². The molecule has 0 atom stereocenters. The summed E-state index contributed by atoms with van der Waals surface area (Å²) >= 11 is 0. The summed E-state index contributed by atoms with van der Waals surface area (Å²) in [6.07, 6.45) is 2.14. The zero-order valence-electron chi connectivity index (χ0n) is 16.6. The number of likely N-dealkylation sites (tertiary alicyclic amines) is 1. The van der Waals surface area contributed by atoms with Crippen molar-refractivity contribution in [1.82, 2.24) is 20.0 Å². The van der Waals surface area contributed by atoms with E-state index in [9.17, 15) is 9.90 Å². The van der Waals surface area contributed by atoms with E-state index in [1.807, 2.05) is 17.0 Å². The Morgan fingerprint density at radius 3 is 2.21 bits per heavy atom. The number of piperidine rings is 1. The molecule has 3 N–H and O–H groups in total. The van der Waals surface area contributed by atoms with E-state index in [1.54, 1.807) is 12.1 Å². The van der Waals surface area contributed by atoms with Crippen LogP contribution in [0.5, 0.6) is 5.75 Å². The molecule has 2 heterocycles. The van der Waals surface area contributed by atoms with Gasteiger partial charge in [-0.05, 0) is 37.1 Å². The SMILES string of the molecule is CCN1CCN(C2CCN(C(=O)NCc3ccc(O)cc3)CC2)CC1.O=CO. The Morgan fingerprint density at radius 2 is 1.68 bits per heavy atom. The fraction of sp³-hybridized carbons (Fsp3) is 0.600. The number of urea groups is 1. The third-order valence-corrected chi connectivity index (χ3v) is 5.50. The van der Waals surface area contributed by atoms with Gasteiger partial charge < -0.3 is 25.3 Å². The second-order valence-electron chi connectivity index (χ2n) is 7.12. The molecular weight excluding hydrogens is 360 g/mol. The number of carbonyl (C=O) groups is 2. The third kappa shape index (κ3) is 6.69. The summed E-state index contributed by atoms with van der Waals surface area (Å²) in [6.45, 7) is 9.95. The van der Waals surface area contributed by atoms with Gasteiger partial charge in [-0.15, -0.1) is 0 Å². The number of piperazine rings is 1. The van der Waals surface area contributed by atoms with Crippen molar-refractivity contribution in [2.45, 2.75) is 32.4 Å². The number of hydrogen-bond donors (Lipinski definition) is 3. The topological polar surface area (TPSA) is 96.4 Å². The molecule has 0 aliphatic carbocycles. The Labute approximate surface area is 166 Å². The standard InChI is InChI=1S/C19H30N4O2.CH2O2/c1-2-21-11-13-22(14-12-21)17-7-9-23(10-8-17)19(25)20-15-16-3-5-18(24)6-4-16;2-1-3/h3-6,17,24H,2,7-15H2,1H3,(H,20,25);1H,(H,2,3). The molecule has 2 aliphatic heterocycles. The largest absolute Gasteiger partial charge is 0.508 e. The zero-order chi connectivity index (χ0) is 20.4. The number of carboxylic acid groups (broad SMARTS) is 1. The van der Waals surface area contributed by atoms with Crippen LogP contribution in [0.1, 0.15) is 25.3 Å². The highest BCUT2D eigenvalue weighted by atomic mass is 16.3. The first-order chi connectivity index (χ1) is 13.6. The normalized spacial score (nSPS) is 18.8. The van der Waals surface area contributed by atoms with Crippen molar-refractivity contribution in [3.05, 3.63) is 29.8 Å². The molecule has 1 aromatic carbocycles. The summed E-state index contributed by atoms with van der Waals surface area (Å²) in [7, 11) is 0. The number of phenols is 1. The number of hydrogen-bond acceptors (Lipinski definition) is 5. The Balaban J connectivity index is 0.000000878. The monoisotopic (exact) mass is 392 g/mol. The van der Waals surface area contributed by atoms with Gasteiger partial charge in [0.2, 0.25) is 0 Å². The molecule has 2 amide bonds. The molecule has 156 valence electrons. The molecule has 28 heavy (non-hydrogen) atoms. The van der Waals surface area contributed by atoms with Gasteiger partial charge in [0.15, 0.2) is 0 Å². The maximum atomic E-state index is 12.3. The molecule has 0 aromatic heterocycles. The highest BCUT2D eigenvalue weighted by molar-refractivity contribution is 5.74. The number of amides is 2. The number of likely N-dealkylation sites (N-methyl/N-ethyl adjacent to an activating group) is 1. The molecule has 0 bridgehead atoms. The van der Waals surface area contributed by atoms with Crippen LogP contribution in [0, 0.1) is 0 Å². The van der Waals surface area contributed by atoms with Gasteiger partial charge in [-0.25, -0.2) is 4.79 Å². The van der Waals surface area contributed by atoms with Crippen LogP contribution in [0.3, 0.4) is 0 Å². The van der Waals surface area contributed by atoms with E-state index in [1.165, 1.54) is 13.1 Å². The first kappa shape index (κ1) is 22.0. The molecule has 2 aliphatic rings. The summed E-state index contributed by atoms with van der Waals surface area (Å²) in [6, 6.07) is 7.59. The minimum Gasteiger partial charge on any atom is -0.508 e. The summed E-state index contributed by atoms with van der Waals surface area (Å²) in [5.41, 5.74) is 0.995. The van der Waals surface area contributed by atoms with E-state index in [4.69, 9.17) is 9.90 Å². The lowest BCUT2D eigenvalue weighted by Crippen LogP contribution is -2.54. The Kier molecular flexibility index (Phi) is 9.03. The van der Waals surface area contributed by atoms with Crippen molar-refractivity contribution >= 4 is 12.5 Å². The predicted molar refractivity (Wildman–Crippen MR) is 107 cm³/mol. The van der Waals surface area contributed by atoms with Crippen LogP contribution in [0.2, 0.25) is 0 Å². The fourth-order valence-corrected chi connectivity index (χ4v) is 3.78. The average molecular weight is 393 g/mol. The molecule has 0 radical (unpaired) electrons. The van der Waals surface area contributed by atoms with Gasteiger partial charge in [0.25, 0.3) is 6.47 Å². The van der Waals surface area contributed by atoms with Crippen molar-refractivity contribution in [3.8, 4) is 5.75 Å². The molecule has 8 nitrogen and oxygen atoms in total. The van der Waals surface area contributed by atoms with Crippen molar-refractivity contribution < 1.29 is 19.8 Å². The second-order valence-corrected chi connectivity index (χ2v) is 7.12. The summed E-state index contributed by atoms with van der Waals surface area (Å²) in [5.74, 6) is 0.247. The lowest BCUT2D eigenvalue weighted by molar-refractivity contribution is -0.122. The molecule has 0 spiro atoms. The molecule has 2 saturated heterocycles. The van der Waals surface area contributed by atoms with Gasteiger partial charge in [0.1, 0.15) is 5.75 Å². The second kappa shape index (κ2) is 11.5. The minimum absolute atomic E-state index is 0.0160. The van der Waals surface area contributed by atoms with Crippen molar-refractivity contribution in [2.24, 2.45) is 0 Å². The smallest absolute Gasteiger partial charge is 0.317 e. The third-order valence-electron chi connectivity index (χ3n) is 5.50. The van der Waals surface area contributed by atoms with Crippen molar-refractivity contribution in [3.63, 3.8) is 0 Å². The fourth-order valence-electron chi connectivity index (χ4n) is 3.78. The van der Waals surface area contributed by atoms with Crippen LogP contribution in [-0.2, 0) is 11.3 Å². The number of benzene rings is 1. The summed E-state index contributed by atoms with van der Waals surface area (Å²) in [5, 5.41) is 19.2. The predicted octanol–water partition coefficient (Wildman–Crippen LogP) is 1.40. The lowest BCUT2D eigenvalue weighted by Gasteiger charge is -2.42. The van der Waals surface area contributed by atoms with Crippen LogP contribution in [0.25, 0.3) is 0 Å². The maximum absolute atomic E-state index is 12.3. The molecule has 0 unspecified atom stereocenters. The Morgan fingerprint density at radius 1 is 1.11 bits per heavy atom. The van der Waals surface area contributed by atoms with Crippen LogP contribution >= 0.6 is 0 Å². The van der Waals surface area contributed by atoms with E-state index in [0.717, 1.165) is 51.1 Å². The molecule has 0 saturated carbocycles. The van der Waals surface area contributed by atoms with Crippen LogP contribution < -0.4 is 5.32 Å². The maximum Gasteiger partial charge on any atom is 0.317 e. The average Bonchev–Trinajstić information content (AvgIpc) is 2.74. The van der Waals surface area contributed by atoms with Crippen molar-refractivity contribution in [1.29, 1.82) is 0 Å². The number of nitrogens with one attached hydrogen (secondary N) is 1. The highest BCUT2D eigenvalue weighted by Gasteiger charge is 2.28. The number of phenolic OH excluding ortho intramolecular Hbond substituents is 1. The van der Waals surface area contributed by atoms with Gasteiger partial charge >= 0.3 is 6.03 Å². The van der Waals surface area contributed by atoms with Gasteiger partial charge in [-0.3, -0.25) is 9.69 Å². The van der Waals surface area contributed by atoms with Gasteiger partial charge in [0.05, 0.1) is 0 Å². The van der Waals surface area contributed by atoms with Gasteiger partial charge in [-0.2, -0.15) is 0 Å². The highest BCUT2D eigenvalue weighted by Crippen LogP contribution is 2.18. The van der Waals surface area contributed by atoms with Gasteiger partial charge in [0, 0.05) is 51.9 Å².